The molecule has 0 atom stereocenters. The predicted molar refractivity (Wildman–Crippen MR) is 153 cm³/mol. The molecule has 0 N–H and O–H groups in total. The molecule has 0 unspecified atom stereocenters. The van der Waals surface area contributed by atoms with Gasteiger partial charge in [0.25, 0.3) is 0 Å². The smallest absolute Gasteiger partial charge is 0.0366 e. The Morgan fingerprint density at radius 2 is 0.971 bits per heavy atom. The van der Waals surface area contributed by atoms with Gasteiger partial charge in [0.2, 0.25) is 0 Å². The third-order valence-electron chi connectivity index (χ3n) is 5.85. The van der Waals surface area contributed by atoms with Crippen LogP contribution in [0.15, 0.2) is 114 Å². The van der Waals surface area contributed by atoms with Gasteiger partial charge in [-0.15, -0.1) is 0 Å². The molecule has 1 nitrogen and oxygen atoms in total. The van der Waals surface area contributed by atoms with Crippen LogP contribution in [0, 0.1) is 0 Å². The number of nitrogens with zero attached hydrogens (tertiary/aromatic N) is 1. The Bertz CT molecular complexity index is 1070. The van der Waals surface area contributed by atoms with Crippen molar-refractivity contribution in [3.63, 3.8) is 0 Å². The zero-order valence-electron chi connectivity index (χ0n) is 20.5. The Labute approximate surface area is 214 Å². The molecule has 4 aromatic rings. The molecule has 34 heavy (non-hydrogen) atoms. The third-order valence-corrected chi connectivity index (χ3v) is 6.38. The fourth-order valence-corrected chi connectivity index (χ4v) is 4.20. The summed E-state index contributed by atoms with van der Waals surface area (Å²) in [7, 11) is 0. The van der Waals surface area contributed by atoms with E-state index >= 15 is 0 Å². The molecule has 0 aliphatic rings. The van der Waals surface area contributed by atoms with E-state index in [1.54, 1.807) is 0 Å². The standard InChI is InChI=1S/C18H13Br.C14H23N/c19-16-12-10-15(11-13-16)18-9-5-4-8-17(18)14-6-2-1-3-7-14;1-3-5-12-15(13-6-4-2)14-10-8-7-9-11-14/h1-13H;7-11H,3-6,12-13H2,1-2H3. The van der Waals surface area contributed by atoms with Crippen LogP contribution < -0.4 is 4.90 Å². The molecule has 0 fully saturated rings. The molecule has 0 aromatic heterocycles. The van der Waals surface area contributed by atoms with Crippen LogP contribution in [0.25, 0.3) is 22.3 Å². The Balaban J connectivity index is 0.000000197. The van der Waals surface area contributed by atoms with E-state index in [2.05, 4.69) is 138 Å². The van der Waals surface area contributed by atoms with E-state index in [0.29, 0.717) is 0 Å². The third kappa shape index (κ3) is 7.88. The Kier molecular flexibility index (Phi) is 10.9. The second-order valence-electron chi connectivity index (χ2n) is 8.45. The molecule has 0 saturated heterocycles. The fourth-order valence-electron chi connectivity index (χ4n) is 3.94. The molecular formula is C32H36BrN. The first-order valence-corrected chi connectivity index (χ1v) is 13.2. The van der Waals surface area contributed by atoms with Crippen LogP contribution in [0.5, 0.6) is 0 Å². The van der Waals surface area contributed by atoms with Gasteiger partial charge in [-0.1, -0.05) is 128 Å². The highest BCUT2D eigenvalue weighted by molar-refractivity contribution is 9.10. The lowest BCUT2D eigenvalue weighted by atomic mass is 9.95. The molecule has 2 heteroatoms. The highest BCUT2D eigenvalue weighted by atomic mass is 79.9. The normalized spacial score (nSPS) is 10.3. The highest BCUT2D eigenvalue weighted by Gasteiger charge is 2.06. The molecule has 0 aliphatic heterocycles. The van der Waals surface area contributed by atoms with E-state index in [0.717, 1.165) is 4.47 Å². The maximum Gasteiger partial charge on any atom is 0.0366 e. The average molecular weight is 515 g/mol. The first kappa shape index (κ1) is 25.8. The summed E-state index contributed by atoms with van der Waals surface area (Å²) < 4.78 is 1.11. The van der Waals surface area contributed by atoms with Gasteiger partial charge in [-0.3, -0.25) is 0 Å². The van der Waals surface area contributed by atoms with E-state index < -0.39 is 0 Å². The van der Waals surface area contributed by atoms with Gasteiger partial charge in [0.15, 0.2) is 0 Å². The van der Waals surface area contributed by atoms with E-state index in [1.807, 2.05) is 6.07 Å². The van der Waals surface area contributed by atoms with E-state index in [4.69, 9.17) is 0 Å². The minimum absolute atomic E-state index is 1.11. The quantitative estimate of drug-likeness (QED) is 0.215. The van der Waals surface area contributed by atoms with Gasteiger partial charge in [0.1, 0.15) is 0 Å². The largest absolute Gasteiger partial charge is 0.372 e. The molecule has 0 spiro atoms. The molecule has 0 bridgehead atoms. The van der Waals surface area contributed by atoms with Crippen molar-refractivity contribution >= 4 is 21.6 Å². The summed E-state index contributed by atoms with van der Waals surface area (Å²) in [6.07, 6.45) is 5.13. The molecule has 0 saturated carbocycles. The number of para-hydroxylation sites is 1. The predicted octanol–water partition coefficient (Wildman–Crippen LogP) is 9.88. The SMILES string of the molecule is Brc1ccc(-c2ccccc2-c2ccccc2)cc1.CCCCN(CCCC)c1ccccc1. The summed E-state index contributed by atoms with van der Waals surface area (Å²) in [5, 5.41) is 0. The second-order valence-corrected chi connectivity index (χ2v) is 9.36. The van der Waals surface area contributed by atoms with Gasteiger partial charge < -0.3 is 4.90 Å². The van der Waals surface area contributed by atoms with Crippen molar-refractivity contribution < 1.29 is 0 Å². The summed E-state index contributed by atoms with van der Waals surface area (Å²) in [6, 6.07) is 38.2. The molecule has 0 radical (unpaired) electrons. The molecule has 0 amide bonds. The van der Waals surface area contributed by atoms with Crippen molar-refractivity contribution in [3.05, 3.63) is 114 Å². The van der Waals surface area contributed by atoms with E-state index in [1.165, 1.54) is 66.7 Å². The summed E-state index contributed by atoms with van der Waals surface area (Å²) >= 11 is 3.48. The lowest BCUT2D eigenvalue weighted by Gasteiger charge is -2.24. The fraction of sp³-hybridized carbons (Fsp3) is 0.250. The number of hydrogen-bond donors (Lipinski definition) is 0. The molecule has 4 aromatic carbocycles. The molecule has 176 valence electrons. The zero-order valence-corrected chi connectivity index (χ0v) is 22.0. The van der Waals surface area contributed by atoms with Crippen LogP contribution in [0.1, 0.15) is 39.5 Å². The van der Waals surface area contributed by atoms with Crippen molar-refractivity contribution in [3.8, 4) is 22.3 Å². The number of halogens is 1. The van der Waals surface area contributed by atoms with Crippen molar-refractivity contribution in [1.29, 1.82) is 0 Å². The van der Waals surface area contributed by atoms with Gasteiger partial charge in [-0.05, 0) is 59.4 Å². The van der Waals surface area contributed by atoms with Crippen LogP contribution in [-0.4, -0.2) is 13.1 Å². The van der Waals surface area contributed by atoms with Gasteiger partial charge in [0, 0.05) is 23.2 Å². The highest BCUT2D eigenvalue weighted by Crippen LogP contribution is 2.32. The summed E-state index contributed by atoms with van der Waals surface area (Å²) in [5.74, 6) is 0. The van der Waals surface area contributed by atoms with Crippen molar-refractivity contribution in [2.24, 2.45) is 0 Å². The van der Waals surface area contributed by atoms with Crippen LogP contribution in [0.2, 0.25) is 0 Å². The van der Waals surface area contributed by atoms with E-state index in [-0.39, 0.29) is 0 Å². The van der Waals surface area contributed by atoms with Gasteiger partial charge in [-0.2, -0.15) is 0 Å². The number of benzene rings is 4. The van der Waals surface area contributed by atoms with E-state index in [9.17, 15) is 0 Å². The lowest BCUT2D eigenvalue weighted by molar-refractivity contribution is 0.678. The summed E-state index contributed by atoms with van der Waals surface area (Å²) in [4.78, 5) is 2.51. The lowest BCUT2D eigenvalue weighted by Crippen LogP contribution is -2.25. The zero-order chi connectivity index (χ0) is 24.0. The summed E-state index contributed by atoms with van der Waals surface area (Å²) in [5.41, 5.74) is 6.40. The topological polar surface area (TPSA) is 3.24 Å². The monoisotopic (exact) mass is 513 g/mol. The minimum Gasteiger partial charge on any atom is -0.372 e. The maximum absolute atomic E-state index is 3.48. The Morgan fingerprint density at radius 1 is 0.529 bits per heavy atom. The number of hydrogen-bond acceptors (Lipinski definition) is 1. The second kappa shape index (κ2) is 14.4. The van der Waals surface area contributed by atoms with Crippen molar-refractivity contribution in [2.45, 2.75) is 39.5 Å². The molecule has 0 aliphatic carbocycles. The van der Waals surface area contributed by atoms with Gasteiger partial charge in [-0.25, -0.2) is 0 Å². The first-order valence-electron chi connectivity index (χ1n) is 12.4. The number of unbranched alkanes of at least 4 members (excludes halogenated alkanes) is 2. The van der Waals surface area contributed by atoms with Crippen LogP contribution in [0.3, 0.4) is 0 Å². The molecule has 0 heterocycles. The molecule has 4 rings (SSSR count). The Morgan fingerprint density at radius 3 is 1.47 bits per heavy atom. The first-order chi connectivity index (χ1) is 16.7. The van der Waals surface area contributed by atoms with Crippen molar-refractivity contribution in [1.82, 2.24) is 0 Å². The summed E-state index contributed by atoms with van der Waals surface area (Å²) in [6.45, 7) is 6.90. The number of anilines is 1. The maximum atomic E-state index is 3.48. The van der Waals surface area contributed by atoms with Gasteiger partial charge in [0.05, 0.1) is 0 Å². The minimum atomic E-state index is 1.11. The number of rotatable bonds is 9. The van der Waals surface area contributed by atoms with Crippen LogP contribution in [0.4, 0.5) is 5.69 Å². The van der Waals surface area contributed by atoms with Crippen molar-refractivity contribution in [2.75, 3.05) is 18.0 Å². The van der Waals surface area contributed by atoms with Crippen LogP contribution in [-0.2, 0) is 0 Å². The Hall–Kier alpha value is -2.84. The van der Waals surface area contributed by atoms with Crippen LogP contribution >= 0.6 is 15.9 Å². The van der Waals surface area contributed by atoms with Gasteiger partial charge >= 0.3 is 0 Å². The molecular weight excluding hydrogens is 478 g/mol. The average Bonchev–Trinajstić information content (AvgIpc) is 2.91.